The molecule has 0 amide bonds. The van der Waals surface area contributed by atoms with Gasteiger partial charge in [-0.3, -0.25) is 4.98 Å². The summed E-state index contributed by atoms with van der Waals surface area (Å²) in [6, 6.07) is 3.38. The number of nitrogens with zero attached hydrogens (tertiary/aromatic N) is 1. The molecule has 68 valence electrons. The number of carboxylic acid groups (broad SMARTS) is 1. The lowest BCUT2D eigenvalue weighted by Gasteiger charge is -2.26. The van der Waals surface area contributed by atoms with Crippen LogP contribution in [0.15, 0.2) is 18.3 Å². The molecule has 0 unspecified atom stereocenters. The molecule has 0 radical (unpaired) electrons. The molecule has 1 aliphatic rings. The molecule has 0 bridgehead atoms. The van der Waals surface area contributed by atoms with Crippen LogP contribution in [-0.2, 0) is 0 Å². The molecule has 4 heteroatoms. The SMILES string of the molecule is O=C(O)c1ccnc([C@@H]2CCN2)c1. The van der Waals surface area contributed by atoms with Crippen LogP contribution >= 0.6 is 0 Å². The highest BCUT2D eigenvalue weighted by Gasteiger charge is 2.20. The predicted molar refractivity (Wildman–Crippen MR) is 46.6 cm³/mol. The van der Waals surface area contributed by atoms with Crippen LogP contribution in [0.2, 0.25) is 0 Å². The Morgan fingerprint density at radius 3 is 3.00 bits per heavy atom. The summed E-state index contributed by atoms with van der Waals surface area (Å²) in [5.74, 6) is -0.900. The molecular formula is C9H10N2O2. The first kappa shape index (κ1) is 8.19. The molecule has 0 spiro atoms. The van der Waals surface area contributed by atoms with Gasteiger partial charge in [-0.1, -0.05) is 0 Å². The predicted octanol–water partition coefficient (Wildman–Crippen LogP) is 0.814. The first-order chi connectivity index (χ1) is 6.27. The summed E-state index contributed by atoms with van der Waals surface area (Å²) in [5.41, 5.74) is 1.13. The maximum atomic E-state index is 10.6. The number of rotatable bonds is 2. The highest BCUT2D eigenvalue weighted by atomic mass is 16.4. The Balaban J connectivity index is 2.26. The number of hydrogen-bond donors (Lipinski definition) is 2. The van der Waals surface area contributed by atoms with E-state index < -0.39 is 5.97 Å². The van der Waals surface area contributed by atoms with Crippen LogP contribution in [0.3, 0.4) is 0 Å². The molecule has 0 saturated carbocycles. The van der Waals surface area contributed by atoms with Gasteiger partial charge >= 0.3 is 5.97 Å². The molecule has 1 aromatic rings. The Bertz CT molecular complexity index is 334. The summed E-state index contributed by atoms with van der Waals surface area (Å²) in [5, 5.41) is 11.9. The summed E-state index contributed by atoms with van der Waals surface area (Å²) >= 11 is 0. The molecule has 2 rings (SSSR count). The highest BCUT2D eigenvalue weighted by Crippen LogP contribution is 2.20. The number of nitrogens with one attached hydrogen (secondary N) is 1. The molecule has 4 nitrogen and oxygen atoms in total. The summed E-state index contributed by atoms with van der Waals surface area (Å²) in [7, 11) is 0. The van der Waals surface area contributed by atoms with Crippen molar-refractivity contribution in [1.82, 2.24) is 10.3 Å². The minimum absolute atomic E-state index is 0.249. The number of hydrogen-bond acceptors (Lipinski definition) is 3. The zero-order chi connectivity index (χ0) is 9.26. The highest BCUT2D eigenvalue weighted by molar-refractivity contribution is 5.87. The van der Waals surface area contributed by atoms with Crippen LogP contribution in [0, 0.1) is 0 Å². The van der Waals surface area contributed by atoms with E-state index in [2.05, 4.69) is 10.3 Å². The first-order valence-corrected chi connectivity index (χ1v) is 4.20. The zero-order valence-corrected chi connectivity index (χ0v) is 7.03. The van der Waals surface area contributed by atoms with Crippen molar-refractivity contribution in [3.05, 3.63) is 29.6 Å². The van der Waals surface area contributed by atoms with Gasteiger partial charge in [0.25, 0.3) is 0 Å². The van der Waals surface area contributed by atoms with Gasteiger partial charge in [0.15, 0.2) is 0 Å². The topological polar surface area (TPSA) is 62.2 Å². The average Bonchev–Trinajstić information content (AvgIpc) is 2.01. The Kier molecular flexibility index (Phi) is 1.98. The van der Waals surface area contributed by atoms with E-state index in [0.717, 1.165) is 18.7 Å². The minimum Gasteiger partial charge on any atom is -0.478 e. The van der Waals surface area contributed by atoms with Crippen LogP contribution in [-0.4, -0.2) is 22.6 Å². The Hall–Kier alpha value is -1.42. The molecule has 1 atom stereocenters. The monoisotopic (exact) mass is 178 g/mol. The molecule has 2 heterocycles. The van der Waals surface area contributed by atoms with Gasteiger partial charge in [-0.05, 0) is 25.1 Å². The van der Waals surface area contributed by atoms with E-state index in [4.69, 9.17) is 5.11 Å². The lowest BCUT2D eigenvalue weighted by atomic mass is 10.0. The van der Waals surface area contributed by atoms with Crippen molar-refractivity contribution in [2.24, 2.45) is 0 Å². The molecule has 1 saturated heterocycles. The smallest absolute Gasteiger partial charge is 0.335 e. The van der Waals surface area contributed by atoms with E-state index in [-0.39, 0.29) is 6.04 Å². The van der Waals surface area contributed by atoms with Gasteiger partial charge in [0.1, 0.15) is 0 Å². The summed E-state index contributed by atoms with van der Waals surface area (Å²) in [6.45, 7) is 0.990. The molecule has 13 heavy (non-hydrogen) atoms. The van der Waals surface area contributed by atoms with Crippen molar-refractivity contribution in [2.75, 3.05) is 6.54 Å². The van der Waals surface area contributed by atoms with Crippen LogP contribution in [0.5, 0.6) is 0 Å². The molecule has 1 aromatic heterocycles. The second kappa shape index (κ2) is 3.14. The summed E-state index contributed by atoms with van der Waals surface area (Å²) in [6.07, 6.45) is 2.58. The molecule has 0 aromatic carbocycles. The summed E-state index contributed by atoms with van der Waals surface area (Å²) in [4.78, 5) is 14.8. The Labute approximate surface area is 75.6 Å². The standard InChI is InChI=1S/C9H10N2O2/c12-9(13)6-1-3-11-8(5-6)7-2-4-10-7/h1,3,5,7,10H,2,4H2,(H,12,13)/t7-/m0/s1. The van der Waals surface area contributed by atoms with E-state index in [9.17, 15) is 4.79 Å². The fraction of sp³-hybridized carbons (Fsp3) is 0.333. The Morgan fingerprint density at radius 2 is 2.46 bits per heavy atom. The van der Waals surface area contributed by atoms with Gasteiger partial charge in [-0.2, -0.15) is 0 Å². The lowest BCUT2D eigenvalue weighted by molar-refractivity contribution is 0.0696. The van der Waals surface area contributed by atoms with Crippen LogP contribution in [0.1, 0.15) is 28.5 Å². The second-order valence-electron chi connectivity index (χ2n) is 3.07. The van der Waals surface area contributed by atoms with E-state index >= 15 is 0 Å². The molecule has 1 fully saturated rings. The molecule has 0 aliphatic carbocycles. The fourth-order valence-electron chi connectivity index (χ4n) is 1.31. The van der Waals surface area contributed by atoms with Crippen molar-refractivity contribution < 1.29 is 9.90 Å². The zero-order valence-electron chi connectivity index (χ0n) is 7.03. The minimum atomic E-state index is -0.900. The van der Waals surface area contributed by atoms with E-state index in [1.807, 2.05) is 0 Å². The number of carbonyl (C=O) groups is 1. The van der Waals surface area contributed by atoms with E-state index in [1.54, 1.807) is 12.3 Å². The van der Waals surface area contributed by atoms with Crippen molar-refractivity contribution in [3.63, 3.8) is 0 Å². The quantitative estimate of drug-likeness (QED) is 0.703. The van der Waals surface area contributed by atoms with Gasteiger partial charge in [0.05, 0.1) is 17.3 Å². The van der Waals surface area contributed by atoms with Crippen LogP contribution in [0.4, 0.5) is 0 Å². The normalized spacial score (nSPS) is 20.8. The lowest BCUT2D eigenvalue weighted by Crippen LogP contribution is -2.35. The maximum absolute atomic E-state index is 10.6. The van der Waals surface area contributed by atoms with Crippen molar-refractivity contribution >= 4 is 5.97 Å². The maximum Gasteiger partial charge on any atom is 0.335 e. The van der Waals surface area contributed by atoms with Gasteiger partial charge in [0, 0.05) is 6.20 Å². The summed E-state index contributed by atoms with van der Waals surface area (Å²) < 4.78 is 0. The number of carboxylic acids is 1. The third kappa shape index (κ3) is 1.53. The largest absolute Gasteiger partial charge is 0.478 e. The van der Waals surface area contributed by atoms with Crippen molar-refractivity contribution in [3.8, 4) is 0 Å². The molecule has 2 N–H and O–H groups in total. The average molecular weight is 178 g/mol. The Morgan fingerprint density at radius 1 is 1.69 bits per heavy atom. The van der Waals surface area contributed by atoms with E-state index in [1.165, 1.54) is 6.07 Å². The van der Waals surface area contributed by atoms with Gasteiger partial charge in [-0.15, -0.1) is 0 Å². The van der Waals surface area contributed by atoms with Gasteiger partial charge < -0.3 is 10.4 Å². The molecule has 1 aliphatic heterocycles. The third-order valence-corrected chi connectivity index (χ3v) is 2.21. The third-order valence-electron chi connectivity index (χ3n) is 2.21. The van der Waals surface area contributed by atoms with Crippen LogP contribution in [0.25, 0.3) is 0 Å². The number of aromatic nitrogens is 1. The number of aromatic carboxylic acids is 1. The van der Waals surface area contributed by atoms with Crippen LogP contribution < -0.4 is 5.32 Å². The van der Waals surface area contributed by atoms with Gasteiger partial charge in [-0.25, -0.2) is 4.79 Å². The number of pyridine rings is 1. The fourth-order valence-corrected chi connectivity index (χ4v) is 1.31. The van der Waals surface area contributed by atoms with Crippen molar-refractivity contribution in [1.29, 1.82) is 0 Å². The molecular weight excluding hydrogens is 168 g/mol. The van der Waals surface area contributed by atoms with Crippen molar-refractivity contribution in [2.45, 2.75) is 12.5 Å². The van der Waals surface area contributed by atoms with Gasteiger partial charge in [0.2, 0.25) is 0 Å². The second-order valence-corrected chi connectivity index (χ2v) is 3.07. The first-order valence-electron chi connectivity index (χ1n) is 4.20. The van der Waals surface area contributed by atoms with E-state index in [0.29, 0.717) is 5.56 Å².